The average molecular weight is 200 g/mol. The minimum absolute atomic E-state index is 0. The number of hydrogen-bond acceptors (Lipinski definition) is 3. The monoisotopic (exact) mass is 200 g/mol. The maximum atomic E-state index is 10.7. The zero-order valence-corrected chi connectivity index (χ0v) is 5.38. The molecule has 0 radical (unpaired) electrons. The summed E-state index contributed by atoms with van der Waals surface area (Å²) in [6, 6.07) is -1.51. The second kappa shape index (κ2) is 4.48. The Balaban J connectivity index is 0.00000121. The molecule has 7 nitrogen and oxygen atoms in total. The number of nitrogens with two attached hydrogens (primary N) is 1. The molecule has 0 aromatic rings. The van der Waals surface area contributed by atoms with E-state index in [0.29, 0.717) is 0 Å². The van der Waals surface area contributed by atoms with Crippen molar-refractivity contribution in [3.63, 3.8) is 0 Å². The third-order valence-corrected chi connectivity index (χ3v) is 1.06. The van der Waals surface area contributed by atoms with Gasteiger partial charge in [0.15, 0.2) is 6.17 Å². The molecule has 1 heterocycles. The van der Waals surface area contributed by atoms with E-state index in [1.165, 1.54) is 0 Å². The molecule has 64 valence electrons. The summed E-state index contributed by atoms with van der Waals surface area (Å²) >= 11 is 0. The molecule has 1 unspecified atom stereocenters. The molecule has 0 aliphatic carbocycles. The van der Waals surface area contributed by atoms with Crippen molar-refractivity contribution in [2.24, 2.45) is 5.73 Å². The first kappa shape index (κ1) is 11.5. The maximum absolute atomic E-state index is 10.7. The molecule has 0 bridgehead atoms. The molecule has 1 saturated heterocycles. The number of primary amides is 1. The van der Waals surface area contributed by atoms with Gasteiger partial charge in [0.2, 0.25) is 0 Å². The van der Waals surface area contributed by atoms with Crippen molar-refractivity contribution < 1.29 is 14.4 Å². The summed E-state index contributed by atoms with van der Waals surface area (Å²) in [6.07, 6.45) is -1.04. The van der Waals surface area contributed by atoms with Gasteiger partial charge in [-0.15, -0.1) is 0 Å². The third kappa shape index (κ3) is 2.84. The number of imide groups is 1. The molecule has 0 aromatic carbocycles. The van der Waals surface area contributed by atoms with Crippen LogP contribution in [0, 0.1) is 0 Å². The predicted octanol–water partition coefficient (Wildman–Crippen LogP) is -3.10. The molecular formula is C4H8CaN4O3. The zero-order valence-electron chi connectivity index (χ0n) is 5.38. The van der Waals surface area contributed by atoms with Crippen LogP contribution in [0.25, 0.3) is 0 Å². The van der Waals surface area contributed by atoms with Crippen LogP contribution in [0.2, 0.25) is 0 Å². The van der Waals surface area contributed by atoms with Crippen LogP contribution in [0.15, 0.2) is 0 Å². The molecule has 8 heteroatoms. The van der Waals surface area contributed by atoms with E-state index >= 15 is 0 Å². The number of rotatable bonds is 1. The molecule has 1 rings (SSSR count). The van der Waals surface area contributed by atoms with E-state index in [2.05, 4.69) is 5.32 Å². The van der Waals surface area contributed by atoms with E-state index < -0.39 is 24.1 Å². The Morgan fingerprint density at radius 1 is 1.50 bits per heavy atom. The normalized spacial score (nSPS) is 20.5. The molecule has 0 aromatic heterocycles. The van der Waals surface area contributed by atoms with E-state index in [4.69, 9.17) is 5.73 Å². The van der Waals surface area contributed by atoms with Gasteiger partial charge in [0.25, 0.3) is 5.91 Å². The summed E-state index contributed by atoms with van der Waals surface area (Å²) in [7, 11) is 0. The Morgan fingerprint density at radius 3 is 2.42 bits per heavy atom. The fourth-order valence-electron chi connectivity index (χ4n) is 0.661. The van der Waals surface area contributed by atoms with Crippen molar-refractivity contribution in [3.05, 3.63) is 0 Å². The number of carbonyl (C=O) groups is 3. The minimum atomic E-state index is -1.04. The fraction of sp³-hybridized carbons (Fsp3) is 0.250. The molecular weight excluding hydrogens is 192 g/mol. The number of carbonyl (C=O) groups excluding carboxylic acids is 3. The molecule has 0 saturated carbocycles. The van der Waals surface area contributed by atoms with E-state index in [-0.39, 0.29) is 37.7 Å². The molecule has 1 fully saturated rings. The Hall–Kier alpha value is -0.530. The Kier molecular flexibility index (Phi) is 4.29. The van der Waals surface area contributed by atoms with Crippen LogP contribution in [0.1, 0.15) is 0 Å². The second-order valence-electron chi connectivity index (χ2n) is 1.90. The van der Waals surface area contributed by atoms with Gasteiger partial charge in [-0.05, 0) is 0 Å². The summed E-state index contributed by atoms with van der Waals surface area (Å²) in [5, 5.41) is 6.05. The predicted molar refractivity (Wildman–Crippen MR) is 41.7 cm³/mol. The molecule has 0 spiro atoms. The van der Waals surface area contributed by atoms with Crippen molar-refractivity contribution >= 4 is 55.7 Å². The van der Waals surface area contributed by atoms with Gasteiger partial charge in [-0.2, -0.15) is 0 Å². The molecule has 1 atom stereocenters. The van der Waals surface area contributed by atoms with Crippen molar-refractivity contribution in [3.8, 4) is 0 Å². The SMILES string of the molecule is NC(=O)NC1NC(=O)NC1=O.[CaH2]. The summed E-state index contributed by atoms with van der Waals surface area (Å²) in [6.45, 7) is 0. The summed E-state index contributed by atoms with van der Waals surface area (Å²) in [5.41, 5.74) is 4.70. The topological polar surface area (TPSA) is 113 Å². The van der Waals surface area contributed by atoms with Crippen LogP contribution in [0.3, 0.4) is 0 Å². The van der Waals surface area contributed by atoms with Crippen LogP contribution in [0.4, 0.5) is 9.59 Å². The third-order valence-electron chi connectivity index (χ3n) is 1.06. The van der Waals surface area contributed by atoms with Gasteiger partial charge in [-0.1, -0.05) is 0 Å². The number of amides is 5. The van der Waals surface area contributed by atoms with Gasteiger partial charge in [-0.25, -0.2) is 9.59 Å². The first-order valence-electron chi connectivity index (χ1n) is 2.77. The molecule has 1 aliphatic heterocycles. The van der Waals surface area contributed by atoms with Crippen LogP contribution in [-0.4, -0.2) is 61.9 Å². The summed E-state index contributed by atoms with van der Waals surface area (Å²) in [4.78, 5) is 31.3. The fourth-order valence-corrected chi connectivity index (χ4v) is 0.661. The van der Waals surface area contributed by atoms with E-state index in [0.717, 1.165) is 0 Å². The standard InChI is InChI=1S/C4H6N4O3.Ca.2H/c5-3(10)6-1-2(9)8-4(11)7-1;;;/h1H,(H3,5,6,10)(H2,7,8,9,11);;;. The quantitative estimate of drug-likeness (QED) is 0.265. The van der Waals surface area contributed by atoms with E-state index in [1.807, 2.05) is 10.6 Å². The van der Waals surface area contributed by atoms with Crippen molar-refractivity contribution in [2.45, 2.75) is 6.17 Å². The van der Waals surface area contributed by atoms with Crippen LogP contribution >= 0.6 is 0 Å². The van der Waals surface area contributed by atoms with Crippen molar-refractivity contribution in [2.75, 3.05) is 0 Å². The van der Waals surface area contributed by atoms with Gasteiger partial charge in [0, 0.05) is 0 Å². The summed E-state index contributed by atoms with van der Waals surface area (Å²) < 4.78 is 0. The first-order valence-corrected chi connectivity index (χ1v) is 2.77. The molecule has 12 heavy (non-hydrogen) atoms. The van der Waals surface area contributed by atoms with Crippen molar-refractivity contribution in [1.29, 1.82) is 0 Å². The van der Waals surface area contributed by atoms with Gasteiger partial charge < -0.3 is 16.4 Å². The van der Waals surface area contributed by atoms with Crippen LogP contribution in [0.5, 0.6) is 0 Å². The van der Waals surface area contributed by atoms with Gasteiger partial charge in [-0.3, -0.25) is 10.1 Å². The molecule has 5 amide bonds. The number of nitrogens with one attached hydrogen (secondary N) is 3. The first-order chi connectivity index (χ1) is 5.09. The van der Waals surface area contributed by atoms with Crippen LogP contribution in [-0.2, 0) is 4.79 Å². The van der Waals surface area contributed by atoms with Gasteiger partial charge in [0.05, 0.1) is 0 Å². The Bertz CT molecular complexity index is 230. The number of hydrogen-bond donors (Lipinski definition) is 4. The Labute approximate surface area is 97.4 Å². The zero-order chi connectivity index (χ0) is 8.43. The average Bonchev–Trinajstić information content (AvgIpc) is 2.09. The second-order valence-corrected chi connectivity index (χ2v) is 1.90. The van der Waals surface area contributed by atoms with Crippen molar-refractivity contribution in [1.82, 2.24) is 16.0 Å². The number of urea groups is 2. The van der Waals surface area contributed by atoms with Gasteiger partial charge >= 0.3 is 49.8 Å². The van der Waals surface area contributed by atoms with Crippen LogP contribution < -0.4 is 21.7 Å². The summed E-state index contributed by atoms with van der Waals surface area (Å²) in [5.74, 6) is -0.617. The Morgan fingerprint density at radius 2 is 2.08 bits per heavy atom. The molecule has 1 aliphatic rings. The van der Waals surface area contributed by atoms with Gasteiger partial charge in [0.1, 0.15) is 0 Å². The van der Waals surface area contributed by atoms with E-state index in [1.54, 1.807) is 0 Å². The molecule has 5 N–H and O–H groups in total. The van der Waals surface area contributed by atoms with E-state index in [9.17, 15) is 14.4 Å².